The zero-order chi connectivity index (χ0) is 21.1. The van der Waals surface area contributed by atoms with Crippen LogP contribution in [0.15, 0.2) is 29.3 Å². The highest BCUT2D eigenvalue weighted by atomic mass is 127. The van der Waals surface area contributed by atoms with Gasteiger partial charge in [-0.2, -0.15) is 0 Å². The van der Waals surface area contributed by atoms with Gasteiger partial charge < -0.3 is 25.4 Å². The number of aliphatic imine (C=N–C) groups is 1. The SMILES string of the molecule is CCNC(=NCC(O)c1ccc(F)cc1)N1CCN(CC(=O)NCCOC)CC1.I. The summed E-state index contributed by atoms with van der Waals surface area (Å²) in [6.45, 7) is 7.28. The minimum atomic E-state index is -0.790. The molecule has 0 saturated carbocycles. The third-order valence-corrected chi connectivity index (χ3v) is 4.67. The number of halogens is 2. The van der Waals surface area contributed by atoms with Crippen LogP contribution in [0.25, 0.3) is 0 Å². The minimum Gasteiger partial charge on any atom is -0.386 e. The van der Waals surface area contributed by atoms with Crippen LogP contribution in [0.3, 0.4) is 0 Å². The Hall–Kier alpha value is -1.50. The summed E-state index contributed by atoms with van der Waals surface area (Å²) in [6, 6.07) is 5.80. The maximum atomic E-state index is 13.0. The first-order chi connectivity index (χ1) is 14.0. The molecule has 1 unspecified atom stereocenters. The van der Waals surface area contributed by atoms with Crippen molar-refractivity contribution in [3.8, 4) is 0 Å². The normalized spacial score (nSPS) is 16.0. The van der Waals surface area contributed by atoms with Crippen LogP contribution in [0.2, 0.25) is 0 Å². The molecule has 1 heterocycles. The van der Waals surface area contributed by atoms with Gasteiger partial charge in [-0.1, -0.05) is 12.1 Å². The number of nitrogens with zero attached hydrogens (tertiary/aromatic N) is 3. The van der Waals surface area contributed by atoms with E-state index in [0.29, 0.717) is 31.8 Å². The molecule has 0 bridgehead atoms. The van der Waals surface area contributed by atoms with Crippen LogP contribution in [0.1, 0.15) is 18.6 Å². The maximum Gasteiger partial charge on any atom is 0.234 e. The van der Waals surface area contributed by atoms with Gasteiger partial charge in [-0.15, -0.1) is 24.0 Å². The highest BCUT2D eigenvalue weighted by molar-refractivity contribution is 14.0. The van der Waals surface area contributed by atoms with Crippen LogP contribution in [-0.2, 0) is 9.53 Å². The molecule has 1 amide bonds. The molecule has 0 spiro atoms. The third kappa shape index (κ3) is 9.11. The zero-order valence-electron chi connectivity index (χ0n) is 17.6. The van der Waals surface area contributed by atoms with E-state index >= 15 is 0 Å². The molecule has 1 aromatic carbocycles. The Bertz CT molecular complexity index is 654. The van der Waals surface area contributed by atoms with Crippen LogP contribution in [0.4, 0.5) is 4.39 Å². The van der Waals surface area contributed by atoms with E-state index in [1.165, 1.54) is 12.1 Å². The van der Waals surface area contributed by atoms with Gasteiger partial charge in [0.25, 0.3) is 0 Å². The summed E-state index contributed by atoms with van der Waals surface area (Å²) in [5, 5.41) is 16.4. The Morgan fingerprint density at radius 2 is 1.90 bits per heavy atom. The van der Waals surface area contributed by atoms with Gasteiger partial charge in [-0.05, 0) is 24.6 Å². The molecule has 1 saturated heterocycles. The second-order valence-corrected chi connectivity index (χ2v) is 6.87. The van der Waals surface area contributed by atoms with Crippen LogP contribution in [-0.4, -0.2) is 92.8 Å². The maximum absolute atomic E-state index is 13.0. The number of aliphatic hydroxyl groups excluding tert-OH is 1. The summed E-state index contributed by atoms with van der Waals surface area (Å²) >= 11 is 0. The molecule has 0 aliphatic carbocycles. The van der Waals surface area contributed by atoms with Crippen molar-refractivity contribution in [3.05, 3.63) is 35.6 Å². The number of amides is 1. The summed E-state index contributed by atoms with van der Waals surface area (Å²) < 4.78 is 18.0. The molecular formula is C20H33FIN5O3. The van der Waals surface area contributed by atoms with Crippen molar-refractivity contribution in [3.63, 3.8) is 0 Å². The lowest BCUT2D eigenvalue weighted by Crippen LogP contribution is -2.54. The quantitative estimate of drug-likeness (QED) is 0.187. The van der Waals surface area contributed by atoms with E-state index in [9.17, 15) is 14.3 Å². The third-order valence-electron chi connectivity index (χ3n) is 4.67. The Morgan fingerprint density at radius 3 is 2.50 bits per heavy atom. The predicted octanol–water partition coefficient (Wildman–Crippen LogP) is 0.823. The van der Waals surface area contributed by atoms with Gasteiger partial charge in [0.2, 0.25) is 5.91 Å². The zero-order valence-corrected chi connectivity index (χ0v) is 20.0. The smallest absolute Gasteiger partial charge is 0.234 e. The molecule has 1 aliphatic heterocycles. The number of ether oxygens (including phenoxy) is 1. The largest absolute Gasteiger partial charge is 0.386 e. The number of guanidine groups is 1. The first-order valence-corrected chi connectivity index (χ1v) is 9.98. The summed E-state index contributed by atoms with van der Waals surface area (Å²) in [5.74, 6) is 0.402. The summed E-state index contributed by atoms with van der Waals surface area (Å²) in [5.41, 5.74) is 0.635. The first-order valence-electron chi connectivity index (χ1n) is 9.98. The molecule has 30 heavy (non-hydrogen) atoms. The molecule has 10 heteroatoms. The highest BCUT2D eigenvalue weighted by Gasteiger charge is 2.21. The van der Waals surface area contributed by atoms with Gasteiger partial charge in [0.15, 0.2) is 5.96 Å². The molecule has 170 valence electrons. The number of hydrogen-bond acceptors (Lipinski definition) is 5. The Morgan fingerprint density at radius 1 is 1.23 bits per heavy atom. The number of carbonyl (C=O) groups is 1. The molecule has 2 rings (SSSR count). The second-order valence-electron chi connectivity index (χ2n) is 6.87. The van der Waals surface area contributed by atoms with Gasteiger partial charge in [0, 0.05) is 46.4 Å². The summed E-state index contributed by atoms with van der Waals surface area (Å²) in [6.07, 6.45) is -0.790. The fourth-order valence-corrected chi connectivity index (χ4v) is 3.06. The molecular weight excluding hydrogens is 504 g/mol. The molecule has 0 aromatic heterocycles. The van der Waals surface area contributed by atoms with E-state index in [4.69, 9.17) is 4.74 Å². The number of carbonyl (C=O) groups excluding carboxylic acids is 1. The van der Waals surface area contributed by atoms with Gasteiger partial charge in [-0.3, -0.25) is 14.7 Å². The van der Waals surface area contributed by atoms with Gasteiger partial charge in [0.1, 0.15) is 5.82 Å². The number of hydrogen-bond donors (Lipinski definition) is 3. The second kappa shape index (κ2) is 14.5. The number of methoxy groups -OCH3 is 1. The van der Waals surface area contributed by atoms with E-state index in [2.05, 4.69) is 25.4 Å². The number of rotatable bonds is 9. The molecule has 3 N–H and O–H groups in total. The lowest BCUT2D eigenvalue weighted by atomic mass is 10.1. The van der Waals surface area contributed by atoms with Gasteiger partial charge in [0.05, 0.1) is 25.8 Å². The van der Waals surface area contributed by atoms with Crippen molar-refractivity contribution >= 4 is 35.8 Å². The van der Waals surface area contributed by atoms with Crippen LogP contribution in [0, 0.1) is 5.82 Å². The van der Waals surface area contributed by atoms with Crippen LogP contribution >= 0.6 is 24.0 Å². The van der Waals surface area contributed by atoms with Crippen molar-refractivity contribution in [2.75, 3.05) is 66.1 Å². The standard InChI is InChI=1S/C20H32FN5O3.HI/c1-3-22-20(24-14-18(27)16-4-6-17(21)7-5-16)26-11-9-25(10-12-26)15-19(28)23-8-13-29-2;/h4-7,18,27H,3,8-15H2,1-2H3,(H,22,24)(H,23,28);1H. The average Bonchev–Trinajstić information content (AvgIpc) is 2.72. The molecule has 1 aromatic rings. The Kier molecular flexibility index (Phi) is 12.8. The lowest BCUT2D eigenvalue weighted by Gasteiger charge is -2.36. The van der Waals surface area contributed by atoms with Crippen LogP contribution in [0.5, 0.6) is 0 Å². The van der Waals surface area contributed by atoms with E-state index in [-0.39, 0.29) is 42.2 Å². The highest BCUT2D eigenvalue weighted by Crippen LogP contribution is 2.14. The topological polar surface area (TPSA) is 89.4 Å². The molecule has 1 fully saturated rings. The fraction of sp³-hybridized carbons (Fsp3) is 0.600. The van der Waals surface area contributed by atoms with Crippen molar-refractivity contribution in [2.45, 2.75) is 13.0 Å². The number of aliphatic hydroxyl groups is 1. The molecule has 1 atom stereocenters. The van der Waals surface area contributed by atoms with Gasteiger partial charge >= 0.3 is 0 Å². The van der Waals surface area contributed by atoms with Crippen molar-refractivity contribution in [1.29, 1.82) is 0 Å². The van der Waals surface area contributed by atoms with Crippen molar-refractivity contribution < 1.29 is 19.0 Å². The minimum absolute atomic E-state index is 0. The van der Waals surface area contributed by atoms with E-state index in [1.54, 1.807) is 19.2 Å². The number of piperazine rings is 1. The molecule has 8 nitrogen and oxygen atoms in total. The first kappa shape index (κ1) is 26.5. The monoisotopic (exact) mass is 537 g/mol. The fourth-order valence-electron chi connectivity index (χ4n) is 3.06. The summed E-state index contributed by atoms with van der Waals surface area (Å²) in [4.78, 5) is 20.7. The van der Waals surface area contributed by atoms with Crippen molar-refractivity contribution in [1.82, 2.24) is 20.4 Å². The average molecular weight is 537 g/mol. The Balaban J connectivity index is 0.00000450. The van der Waals surface area contributed by atoms with E-state index in [1.807, 2.05) is 6.92 Å². The molecule has 0 radical (unpaired) electrons. The lowest BCUT2D eigenvalue weighted by molar-refractivity contribution is -0.122. The summed E-state index contributed by atoms with van der Waals surface area (Å²) in [7, 11) is 1.60. The number of nitrogens with one attached hydrogen (secondary N) is 2. The van der Waals surface area contributed by atoms with E-state index in [0.717, 1.165) is 32.1 Å². The van der Waals surface area contributed by atoms with E-state index < -0.39 is 6.10 Å². The number of benzene rings is 1. The van der Waals surface area contributed by atoms with Gasteiger partial charge in [-0.25, -0.2) is 4.39 Å². The Labute approximate surface area is 194 Å². The van der Waals surface area contributed by atoms with Crippen LogP contribution < -0.4 is 10.6 Å². The molecule has 1 aliphatic rings. The van der Waals surface area contributed by atoms with Crippen molar-refractivity contribution in [2.24, 2.45) is 4.99 Å². The predicted molar refractivity (Wildman–Crippen MR) is 126 cm³/mol.